The molecular formula is C36H58N4O7. The van der Waals surface area contributed by atoms with Gasteiger partial charge in [-0.3, -0.25) is 24.0 Å². The van der Waals surface area contributed by atoms with Crippen molar-refractivity contribution < 1.29 is 33.5 Å². The molecule has 0 fully saturated rings. The Morgan fingerprint density at radius 1 is 0.766 bits per heavy atom. The molecule has 11 heteroatoms. The van der Waals surface area contributed by atoms with Crippen LogP contribution < -0.4 is 21.7 Å². The van der Waals surface area contributed by atoms with E-state index in [0.717, 1.165) is 30.4 Å². The van der Waals surface area contributed by atoms with E-state index < -0.39 is 18.0 Å². The molecule has 0 heterocycles. The summed E-state index contributed by atoms with van der Waals surface area (Å²) in [6.07, 6.45) is 4.88. The summed E-state index contributed by atoms with van der Waals surface area (Å²) < 4.78 is 5.26. The Hall–Kier alpha value is -3.76. The third-order valence-electron chi connectivity index (χ3n) is 7.92. The number of ketones is 2. The van der Waals surface area contributed by atoms with Gasteiger partial charge in [0.2, 0.25) is 11.8 Å². The van der Waals surface area contributed by atoms with Gasteiger partial charge >= 0.3 is 12.0 Å². The predicted molar refractivity (Wildman–Crippen MR) is 182 cm³/mol. The van der Waals surface area contributed by atoms with Crippen LogP contribution in [0, 0.1) is 23.7 Å². The predicted octanol–water partition coefficient (Wildman–Crippen LogP) is 4.77. The lowest BCUT2D eigenvalue weighted by Crippen LogP contribution is -2.46. The Morgan fingerprint density at radius 3 is 2.00 bits per heavy atom. The fourth-order valence-electron chi connectivity index (χ4n) is 4.85. The molecule has 0 saturated carbocycles. The lowest BCUT2D eigenvalue weighted by atomic mass is 9.88. The summed E-state index contributed by atoms with van der Waals surface area (Å²) in [7, 11) is 0. The van der Waals surface area contributed by atoms with E-state index in [9.17, 15) is 28.8 Å². The number of benzene rings is 1. The second-order valence-electron chi connectivity index (χ2n) is 13.4. The smallest absolute Gasteiger partial charge is 0.312 e. The lowest BCUT2D eigenvalue weighted by Gasteiger charge is -2.24. The molecule has 0 aliphatic heterocycles. The van der Waals surface area contributed by atoms with Crippen molar-refractivity contribution in [3.05, 3.63) is 35.4 Å². The fourth-order valence-corrected chi connectivity index (χ4v) is 4.85. The van der Waals surface area contributed by atoms with Gasteiger partial charge in [0, 0.05) is 44.7 Å². The van der Waals surface area contributed by atoms with Crippen LogP contribution >= 0.6 is 0 Å². The zero-order valence-corrected chi connectivity index (χ0v) is 29.3. The van der Waals surface area contributed by atoms with Crippen molar-refractivity contribution in [2.45, 2.75) is 118 Å². The topological polar surface area (TPSA) is 174 Å². The number of carbonyl (C=O) groups is 6. The van der Waals surface area contributed by atoms with Crippen molar-refractivity contribution in [3.8, 4) is 0 Å². The first-order valence-electron chi connectivity index (χ1n) is 17.1. The number of primary amides is 1. The van der Waals surface area contributed by atoms with E-state index in [1.165, 1.54) is 0 Å². The largest absolute Gasteiger partial charge is 0.461 e. The summed E-state index contributed by atoms with van der Waals surface area (Å²) in [5.74, 6) is -1.22. The number of ether oxygens (including phenoxy) is 1. The average Bonchev–Trinajstić information content (AvgIpc) is 3.00. The van der Waals surface area contributed by atoms with Gasteiger partial charge in [0.15, 0.2) is 5.78 Å². The number of esters is 1. The van der Waals surface area contributed by atoms with E-state index in [-0.39, 0.29) is 67.2 Å². The highest BCUT2D eigenvalue weighted by Crippen LogP contribution is 2.19. The van der Waals surface area contributed by atoms with Gasteiger partial charge in [-0.15, -0.1) is 0 Å². The van der Waals surface area contributed by atoms with Crippen LogP contribution in [0.5, 0.6) is 0 Å². The second-order valence-corrected chi connectivity index (χ2v) is 13.4. The second kappa shape index (κ2) is 22.7. The minimum absolute atomic E-state index is 0.00693. The number of amides is 4. The Kier molecular flexibility index (Phi) is 19.9. The molecule has 0 aromatic heterocycles. The molecule has 0 aliphatic rings. The molecule has 1 rings (SSSR count). The third-order valence-corrected chi connectivity index (χ3v) is 7.92. The van der Waals surface area contributed by atoms with Crippen molar-refractivity contribution in [2.24, 2.45) is 29.4 Å². The molecular weight excluding hydrogens is 600 g/mol. The quantitative estimate of drug-likeness (QED) is 0.0914. The van der Waals surface area contributed by atoms with Crippen LogP contribution in [0.15, 0.2) is 24.3 Å². The maximum absolute atomic E-state index is 13.4. The van der Waals surface area contributed by atoms with E-state index >= 15 is 0 Å². The van der Waals surface area contributed by atoms with E-state index in [0.29, 0.717) is 44.6 Å². The number of unbranched alkanes of at least 4 members (excludes halogenated alkanes) is 2. The summed E-state index contributed by atoms with van der Waals surface area (Å²) in [6, 6.07) is 5.70. The number of hydrogen-bond acceptors (Lipinski definition) is 7. The minimum atomic E-state index is -0.809. The number of carbonyl (C=O) groups excluding carboxylic acids is 6. The monoisotopic (exact) mass is 658 g/mol. The van der Waals surface area contributed by atoms with Crippen LogP contribution in [0.4, 0.5) is 4.79 Å². The summed E-state index contributed by atoms with van der Waals surface area (Å²) in [4.78, 5) is 74.4. The maximum Gasteiger partial charge on any atom is 0.312 e. The van der Waals surface area contributed by atoms with Gasteiger partial charge in [-0.25, -0.2) is 4.79 Å². The molecule has 11 nitrogen and oxygen atoms in total. The normalized spacial score (nSPS) is 12.4. The van der Waals surface area contributed by atoms with Gasteiger partial charge in [-0.1, -0.05) is 72.2 Å². The van der Waals surface area contributed by atoms with Crippen molar-refractivity contribution in [2.75, 3.05) is 13.1 Å². The van der Waals surface area contributed by atoms with Gasteiger partial charge in [0.05, 0.1) is 12.0 Å². The number of hydrogen-bond donors (Lipinski definition) is 4. The van der Waals surface area contributed by atoms with E-state index in [2.05, 4.69) is 29.8 Å². The van der Waals surface area contributed by atoms with Crippen molar-refractivity contribution in [1.82, 2.24) is 16.0 Å². The molecule has 0 bridgehead atoms. The molecule has 0 unspecified atom stereocenters. The number of urea groups is 1. The fraction of sp³-hybridized carbons (Fsp3) is 0.667. The lowest BCUT2D eigenvalue weighted by molar-refractivity contribution is -0.148. The van der Waals surface area contributed by atoms with Crippen LogP contribution in [0.1, 0.15) is 110 Å². The van der Waals surface area contributed by atoms with Crippen LogP contribution in [-0.4, -0.2) is 54.5 Å². The molecule has 0 radical (unpaired) electrons. The summed E-state index contributed by atoms with van der Waals surface area (Å²) in [5.41, 5.74) is 6.71. The van der Waals surface area contributed by atoms with Gasteiger partial charge in [0.1, 0.15) is 12.4 Å². The number of nitrogens with one attached hydrogen (secondary N) is 3. The minimum Gasteiger partial charge on any atom is -0.461 e. The van der Waals surface area contributed by atoms with Gasteiger partial charge in [0.25, 0.3) is 0 Å². The Balaban J connectivity index is 2.72. The molecule has 0 spiro atoms. The first-order valence-corrected chi connectivity index (χ1v) is 17.1. The van der Waals surface area contributed by atoms with E-state index in [1.807, 2.05) is 13.8 Å². The molecule has 264 valence electrons. The molecule has 4 amide bonds. The maximum atomic E-state index is 13.4. The van der Waals surface area contributed by atoms with Crippen LogP contribution in [0.25, 0.3) is 0 Å². The number of nitrogens with two attached hydrogens (primary N) is 1. The van der Waals surface area contributed by atoms with E-state index in [1.54, 1.807) is 38.1 Å². The zero-order chi connectivity index (χ0) is 35.4. The van der Waals surface area contributed by atoms with Crippen molar-refractivity contribution in [3.63, 3.8) is 0 Å². The Morgan fingerprint density at radius 2 is 1.40 bits per heavy atom. The highest BCUT2D eigenvalue weighted by atomic mass is 16.5. The van der Waals surface area contributed by atoms with Gasteiger partial charge < -0.3 is 26.4 Å². The van der Waals surface area contributed by atoms with Crippen molar-refractivity contribution in [1.29, 1.82) is 0 Å². The molecule has 2 atom stereocenters. The highest BCUT2D eigenvalue weighted by molar-refractivity contribution is 5.92. The summed E-state index contributed by atoms with van der Waals surface area (Å²) in [6.45, 7) is 12.4. The van der Waals surface area contributed by atoms with Crippen LogP contribution in [0.2, 0.25) is 0 Å². The highest BCUT2D eigenvalue weighted by Gasteiger charge is 2.29. The first kappa shape index (κ1) is 41.3. The first-order chi connectivity index (χ1) is 22.2. The average molecular weight is 659 g/mol. The molecule has 47 heavy (non-hydrogen) atoms. The summed E-state index contributed by atoms with van der Waals surface area (Å²) in [5, 5.41) is 8.32. The number of rotatable bonds is 24. The van der Waals surface area contributed by atoms with E-state index in [4.69, 9.17) is 10.5 Å². The summed E-state index contributed by atoms with van der Waals surface area (Å²) >= 11 is 0. The third kappa shape index (κ3) is 18.8. The zero-order valence-electron chi connectivity index (χ0n) is 29.3. The SMILES string of the molecule is CC(C)CCC(=O)NCCCCCC(=O)C[C@H](C(=O)N[C@@H](CCCNC(N)=O)C(=O)Cc1ccc(COC(=O)C(C)C)cc1)C(C)C. The van der Waals surface area contributed by atoms with Crippen LogP contribution in [-0.2, 0) is 41.7 Å². The molecule has 0 aliphatic carbocycles. The van der Waals surface area contributed by atoms with Crippen LogP contribution in [0.3, 0.4) is 0 Å². The number of Topliss-reactive ketones (excluding diaryl/α,β-unsaturated/α-hetero) is 2. The molecule has 0 saturated heterocycles. The van der Waals surface area contributed by atoms with Crippen molar-refractivity contribution >= 4 is 35.4 Å². The molecule has 1 aromatic carbocycles. The van der Waals surface area contributed by atoms with Gasteiger partial charge in [-0.2, -0.15) is 0 Å². The Labute approximate surface area is 280 Å². The Bertz CT molecular complexity index is 1150. The molecule has 5 N–H and O–H groups in total. The standard InChI is InChI=1S/C36H58N4O7/c1-24(2)13-18-33(43)38-19-9-7-8-11-29(41)22-30(25(3)4)34(44)40-31(12-10-20-39-36(37)46)32(42)21-27-14-16-28(17-15-27)23-47-35(45)26(5)6/h14-17,24-26,30-31H,7-13,18-23H2,1-6H3,(H,38,43)(H,40,44)(H3,37,39,46)/t30-,31-/m0/s1. The molecule has 1 aromatic rings. The van der Waals surface area contributed by atoms with Gasteiger partial charge in [-0.05, 0) is 55.1 Å².